The first-order valence-electron chi connectivity index (χ1n) is 6.42. The third kappa shape index (κ3) is 3.58. The second-order valence-corrected chi connectivity index (χ2v) is 7.39. The van der Waals surface area contributed by atoms with Crippen LogP contribution in [0, 0.1) is 6.92 Å². The fourth-order valence-corrected chi connectivity index (χ4v) is 3.04. The maximum atomic E-state index is 12.1. The van der Waals surface area contributed by atoms with Gasteiger partial charge in [0.25, 0.3) is 10.1 Å². The van der Waals surface area contributed by atoms with Crippen molar-refractivity contribution >= 4 is 10.1 Å². The van der Waals surface area contributed by atoms with E-state index in [9.17, 15) is 8.42 Å². The van der Waals surface area contributed by atoms with Crippen LogP contribution in [0.25, 0.3) is 0 Å². The topological polar surface area (TPSA) is 61.8 Å². The Morgan fingerprint density at radius 1 is 1.20 bits per heavy atom. The molecule has 6 heteroatoms. The summed E-state index contributed by atoms with van der Waals surface area (Å²) in [6.07, 6.45) is 0. The Hall–Kier alpha value is -0.950. The number of aryl methyl sites for hydroxylation is 1. The largest absolute Gasteiger partial charge is 0.347 e. The molecule has 20 heavy (non-hydrogen) atoms. The lowest BCUT2D eigenvalue weighted by molar-refractivity contribution is -0.162. The van der Waals surface area contributed by atoms with Gasteiger partial charge in [0.15, 0.2) is 5.79 Å². The third-order valence-corrected chi connectivity index (χ3v) is 4.32. The zero-order valence-electron chi connectivity index (χ0n) is 12.2. The highest BCUT2D eigenvalue weighted by Gasteiger charge is 2.43. The molecule has 1 unspecified atom stereocenters. The average Bonchev–Trinajstić information content (AvgIpc) is 2.63. The van der Waals surface area contributed by atoms with E-state index in [0.717, 1.165) is 5.56 Å². The Bertz CT molecular complexity index is 576. The van der Waals surface area contributed by atoms with Crippen molar-refractivity contribution in [3.05, 3.63) is 29.8 Å². The molecule has 1 heterocycles. The minimum Gasteiger partial charge on any atom is -0.347 e. The van der Waals surface area contributed by atoms with E-state index < -0.39 is 21.5 Å². The molecule has 0 aromatic heterocycles. The summed E-state index contributed by atoms with van der Waals surface area (Å²) < 4.78 is 40.4. The summed E-state index contributed by atoms with van der Waals surface area (Å²) in [6.45, 7) is 7.45. The van der Waals surface area contributed by atoms with Crippen LogP contribution in [0.5, 0.6) is 0 Å². The van der Waals surface area contributed by atoms with Crippen molar-refractivity contribution < 1.29 is 22.1 Å². The van der Waals surface area contributed by atoms with Gasteiger partial charge in [0, 0.05) is 0 Å². The van der Waals surface area contributed by atoms with Crippen LogP contribution in [-0.4, -0.2) is 33.0 Å². The van der Waals surface area contributed by atoms with Crippen LogP contribution in [0.2, 0.25) is 0 Å². The second-order valence-electron chi connectivity index (χ2n) is 5.77. The molecule has 1 fully saturated rings. The van der Waals surface area contributed by atoms with Gasteiger partial charge in [-0.05, 0) is 39.8 Å². The van der Waals surface area contributed by atoms with E-state index in [4.69, 9.17) is 13.7 Å². The van der Waals surface area contributed by atoms with Crippen molar-refractivity contribution in [2.24, 2.45) is 0 Å². The van der Waals surface area contributed by atoms with Gasteiger partial charge in [-0.25, -0.2) is 0 Å². The van der Waals surface area contributed by atoms with Crippen molar-refractivity contribution in [3.63, 3.8) is 0 Å². The summed E-state index contributed by atoms with van der Waals surface area (Å²) in [5, 5.41) is 0. The Labute approximate surface area is 120 Å². The molecule has 1 saturated heterocycles. The van der Waals surface area contributed by atoms with Crippen molar-refractivity contribution in [1.82, 2.24) is 0 Å². The molecule has 1 aliphatic heterocycles. The maximum Gasteiger partial charge on any atom is 0.297 e. The summed E-state index contributed by atoms with van der Waals surface area (Å²) in [5.74, 6) is -0.717. The van der Waals surface area contributed by atoms with Gasteiger partial charge in [-0.15, -0.1) is 0 Å². The fourth-order valence-electron chi connectivity index (χ4n) is 2.03. The van der Waals surface area contributed by atoms with Crippen LogP contribution in [-0.2, 0) is 23.8 Å². The predicted octanol–water partition coefficient (Wildman–Crippen LogP) is 2.24. The molecule has 1 atom stereocenters. The normalized spacial score (nSPS) is 25.8. The highest BCUT2D eigenvalue weighted by atomic mass is 32.2. The highest BCUT2D eigenvalue weighted by molar-refractivity contribution is 7.86. The summed E-state index contributed by atoms with van der Waals surface area (Å²) >= 11 is 0. The first-order chi connectivity index (χ1) is 9.12. The molecule has 0 saturated carbocycles. The van der Waals surface area contributed by atoms with Gasteiger partial charge >= 0.3 is 0 Å². The number of hydrogen-bond acceptors (Lipinski definition) is 5. The van der Waals surface area contributed by atoms with E-state index in [0.29, 0.717) is 6.61 Å². The monoisotopic (exact) mass is 300 g/mol. The quantitative estimate of drug-likeness (QED) is 0.798. The molecule has 0 aliphatic carbocycles. The lowest BCUT2D eigenvalue weighted by Crippen LogP contribution is -2.36. The summed E-state index contributed by atoms with van der Waals surface area (Å²) in [5.41, 5.74) is 0.228. The number of rotatable bonds is 4. The molecule has 1 aromatic carbocycles. The van der Waals surface area contributed by atoms with Gasteiger partial charge in [-0.1, -0.05) is 17.7 Å². The Morgan fingerprint density at radius 2 is 1.80 bits per heavy atom. The fraction of sp³-hybridized carbons (Fsp3) is 0.571. The average molecular weight is 300 g/mol. The lowest BCUT2D eigenvalue weighted by atomic mass is 10.1. The summed E-state index contributed by atoms with van der Waals surface area (Å²) in [6, 6.07) is 6.53. The maximum absolute atomic E-state index is 12.1. The van der Waals surface area contributed by atoms with Gasteiger partial charge in [0.1, 0.15) is 5.60 Å². The molecule has 2 rings (SSSR count). The molecule has 0 radical (unpaired) electrons. The van der Waals surface area contributed by atoms with Crippen molar-refractivity contribution in [3.8, 4) is 0 Å². The highest BCUT2D eigenvalue weighted by Crippen LogP contribution is 2.31. The zero-order valence-corrected chi connectivity index (χ0v) is 13.0. The second kappa shape index (κ2) is 5.11. The first kappa shape index (κ1) is 15.4. The molecule has 0 amide bonds. The van der Waals surface area contributed by atoms with Crippen LogP contribution in [0.4, 0.5) is 0 Å². The summed E-state index contributed by atoms with van der Waals surface area (Å²) in [4.78, 5) is 0.143. The minimum absolute atomic E-state index is 0.0767. The molecule has 0 N–H and O–H groups in total. The molecular weight excluding hydrogens is 280 g/mol. The van der Waals surface area contributed by atoms with Gasteiger partial charge in [0.05, 0.1) is 18.1 Å². The van der Waals surface area contributed by atoms with Gasteiger partial charge in [0.2, 0.25) is 0 Å². The smallest absolute Gasteiger partial charge is 0.297 e. The van der Waals surface area contributed by atoms with E-state index >= 15 is 0 Å². The van der Waals surface area contributed by atoms with Crippen molar-refractivity contribution in [1.29, 1.82) is 0 Å². The summed E-state index contributed by atoms with van der Waals surface area (Å²) in [7, 11) is -3.78. The van der Waals surface area contributed by atoms with E-state index in [1.807, 2.05) is 6.92 Å². The SMILES string of the molecule is Cc1ccc(S(=O)(=O)OCC2(C)COC(C)(C)O2)cc1. The molecular formula is C14H20O5S. The van der Waals surface area contributed by atoms with E-state index in [2.05, 4.69) is 0 Å². The lowest BCUT2D eigenvalue weighted by Gasteiger charge is -2.24. The van der Waals surface area contributed by atoms with Gasteiger partial charge < -0.3 is 9.47 Å². The number of hydrogen-bond donors (Lipinski definition) is 0. The van der Waals surface area contributed by atoms with E-state index in [-0.39, 0.29) is 11.5 Å². The molecule has 0 bridgehead atoms. The van der Waals surface area contributed by atoms with Crippen molar-refractivity contribution in [2.75, 3.05) is 13.2 Å². The molecule has 0 spiro atoms. The minimum atomic E-state index is -3.78. The van der Waals surface area contributed by atoms with Crippen molar-refractivity contribution in [2.45, 2.75) is 44.0 Å². The molecule has 5 nitrogen and oxygen atoms in total. The molecule has 112 valence electrons. The Balaban J connectivity index is 2.05. The van der Waals surface area contributed by atoms with Gasteiger partial charge in [-0.2, -0.15) is 8.42 Å². The number of ether oxygens (including phenoxy) is 2. The van der Waals surface area contributed by atoms with Crippen LogP contribution in [0.15, 0.2) is 29.2 Å². The molecule has 1 aliphatic rings. The standard InChI is InChI=1S/C14H20O5S/c1-11-5-7-12(8-6-11)20(15,16)18-10-14(4)9-17-13(2,3)19-14/h5-8H,9-10H2,1-4H3. The first-order valence-corrected chi connectivity index (χ1v) is 7.83. The van der Waals surface area contributed by atoms with Crippen LogP contribution in [0.3, 0.4) is 0 Å². The van der Waals surface area contributed by atoms with Crippen LogP contribution in [0.1, 0.15) is 26.3 Å². The van der Waals surface area contributed by atoms with E-state index in [1.54, 1.807) is 32.9 Å². The zero-order chi connectivity index (χ0) is 15.0. The van der Waals surface area contributed by atoms with E-state index in [1.165, 1.54) is 12.1 Å². The van der Waals surface area contributed by atoms with Crippen LogP contribution < -0.4 is 0 Å². The Kier molecular flexibility index (Phi) is 3.94. The Morgan fingerprint density at radius 3 is 2.30 bits per heavy atom. The molecule has 1 aromatic rings. The van der Waals surface area contributed by atoms with Crippen LogP contribution >= 0.6 is 0 Å². The predicted molar refractivity (Wildman–Crippen MR) is 73.8 cm³/mol. The number of benzene rings is 1. The third-order valence-electron chi connectivity index (χ3n) is 3.05. The van der Waals surface area contributed by atoms with Gasteiger partial charge in [-0.3, -0.25) is 4.18 Å².